The monoisotopic (exact) mass is 323 g/mol. The Hall–Kier alpha value is -0.910. The molecule has 22 heavy (non-hydrogen) atoms. The predicted molar refractivity (Wildman–Crippen MR) is 87.2 cm³/mol. The van der Waals surface area contributed by atoms with Crippen LogP contribution in [0.4, 0.5) is 0 Å². The van der Waals surface area contributed by atoms with Crippen molar-refractivity contribution < 1.29 is 13.2 Å². The van der Waals surface area contributed by atoms with Crippen LogP contribution in [-0.2, 0) is 21.2 Å². The first-order chi connectivity index (χ1) is 10.6. The number of sulfonamides is 1. The van der Waals surface area contributed by atoms with Crippen molar-refractivity contribution >= 4 is 10.0 Å². The maximum absolute atomic E-state index is 12.6. The molecule has 0 aromatic heterocycles. The van der Waals surface area contributed by atoms with Gasteiger partial charge in [0.25, 0.3) is 0 Å². The van der Waals surface area contributed by atoms with Gasteiger partial charge in [-0.3, -0.25) is 0 Å². The van der Waals surface area contributed by atoms with Crippen LogP contribution in [0.1, 0.15) is 37.7 Å². The third kappa shape index (κ3) is 3.89. The average Bonchev–Trinajstić information content (AvgIpc) is 2.95. The minimum absolute atomic E-state index is 0.0908. The van der Waals surface area contributed by atoms with Crippen molar-refractivity contribution in [2.75, 3.05) is 13.2 Å². The van der Waals surface area contributed by atoms with Crippen molar-refractivity contribution in [3.8, 4) is 0 Å². The van der Waals surface area contributed by atoms with Gasteiger partial charge >= 0.3 is 0 Å². The van der Waals surface area contributed by atoms with Crippen molar-refractivity contribution in [1.82, 2.24) is 4.72 Å². The lowest BCUT2D eigenvalue weighted by Gasteiger charge is -2.27. The molecule has 2 unspecified atom stereocenters. The lowest BCUT2D eigenvalue weighted by molar-refractivity contribution is 0.0980. The van der Waals surface area contributed by atoms with Crippen LogP contribution in [0.15, 0.2) is 30.3 Å². The van der Waals surface area contributed by atoms with E-state index in [1.165, 1.54) is 5.56 Å². The molecule has 1 N–H and O–H groups in total. The lowest BCUT2D eigenvalue weighted by atomic mass is 9.95. The third-order valence-electron chi connectivity index (χ3n) is 4.92. The first-order valence-corrected chi connectivity index (χ1v) is 9.82. The summed E-state index contributed by atoms with van der Waals surface area (Å²) in [6.45, 7) is 1.12. The molecule has 4 nitrogen and oxygen atoms in total. The minimum atomic E-state index is -3.22. The highest BCUT2D eigenvalue weighted by Crippen LogP contribution is 2.30. The topological polar surface area (TPSA) is 55.4 Å². The summed E-state index contributed by atoms with van der Waals surface area (Å²) in [5, 5.41) is -0.278. The molecule has 3 rings (SSSR count). The Morgan fingerprint density at radius 1 is 1.05 bits per heavy atom. The highest BCUT2D eigenvalue weighted by Gasteiger charge is 2.34. The van der Waals surface area contributed by atoms with Crippen LogP contribution in [0, 0.1) is 5.92 Å². The van der Waals surface area contributed by atoms with E-state index in [2.05, 4.69) is 16.9 Å². The van der Waals surface area contributed by atoms with Gasteiger partial charge in [-0.1, -0.05) is 36.8 Å². The number of hydrogen-bond acceptors (Lipinski definition) is 3. The molecule has 1 saturated carbocycles. The zero-order valence-electron chi connectivity index (χ0n) is 12.9. The number of benzene rings is 1. The Morgan fingerprint density at radius 2 is 1.77 bits per heavy atom. The average molecular weight is 323 g/mol. The number of rotatable bonds is 5. The molecule has 1 aliphatic carbocycles. The van der Waals surface area contributed by atoms with Crippen molar-refractivity contribution in [2.24, 2.45) is 5.92 Å². The van der Waals surface area contributed by atoms with Crippen LogP contribution in [-0.4, -0.2) is 32.9 Å². The van der Waals surface area contributed by atoms with Gasteiger partial charge in [-0.25, -0.2) is 13.1 Å². The molecule has 1 saturated heterocycles. The molecule has 0 amide bonds. The second-order valence-electron chi connectivity index (χ2n) is 6.46. The van der Waals surface area contributed by atoms with Gasteiger partial charge in [0.2, 0.25) is 10.0 Å². The van der Waals surface area contributed by atoms with E-state index >= 15 is 0 Å². The lowest BCUT2D eigenvalue weighted by Crippen LogP contribution is -2.44. The van der Waals surface area contributed by atoms with E-state index in [9.17, 15) is 8.42 Å². The summed E-state index contributed by atoms with van der Waals surface area (Å²) in [5.74, 6) is 0.414. The van der Waals surface area contributed by atoms with Gasteiger partial charge in [-0.2, -0.15) is 0 Å². The number of hydrogen-bond donors (Lipinski definition) is 1. The number of nitrogens with one attached hydrogen (secondary N) is 1. The normalized spacial score (nSPS) is 27.1. The molecule has 0 spiro atoms. The third-order valence-corrected chi connectivity index (χ3v) is 6.90. The SMILES string of the molecule is O=S(=O)(NC1CCCC1Cc1ccccc1)C1CCOCC1. The maximum Gasteiger partial charge on any atom is 0.214 e. The summed E-state index contributed by atoms with van der Waals surface area (Å²) >= 11 is 0. The molecular weight excluding hydrogens is 298 g/mol. The molecule has 5 heteroatoms. The second kappa shape index (κ2) is 7.11. The van der Waals surface area contributed by atoms with Crippen LogP contribution in [0.25, 0.3) is 0 Å². The predicted octanol–water partition coefficient (Wildman–Crippen LogP) is 2.50. The molecule has 2 aliphatic rings. The fourth-order valence-electron chi connectivity index (χ4n) is 3.65. The first kappa shape index (κ1) is 16.0. The molecule has 1 aromatic carbocycles. The molecule has 1 aliphatic heterocycles. The first-order valence-electron chi connectivity index (χ1n) is 8.28. The van der Waals surface area contributed by atoms with Crippen LogP contribution in [0.2, 0.25) is 0 Å². The molecule has 122 valence electrons. The van der Waals surface area contributed by atoms with E-state index in [4.69, 9.17) is 4.74 Å². The molecule has 0 radical (unpaired) electrons. The summed E-state index contributed by atoms with van der Waals surface area (Å²) < 4.78 is 33.4. The van der Waals surface area contributed by atoms with Gasteiger partial charge in [0, 0.05) is 19.3 Å². The Bertz CT molecular complexity index is 567. The van der Waals surface area contributed by atoms with Crippen molar-refractivity contribution in [1.29, 1.82) is 0 Å². The fraction of sp³-hybridized carbons (Fsp3) is 0.647. The largest absolute Gasteiger partial charge is 0.381 e. The Labute approximate surface area is 133 Å². The van der Waals surface area contributed by atoms with Crippen molar-refractivity contribution in [2.45, 2.75) is 49.8 Å². The van der Waals surface area contributed by atoms with Gasteiger partial charge in [0.1, 0.15) is 0 Å². The molecule has 0 bridgehead atoms. The summed E-state index contributed by atoms with van der Waals surface area (Å²) in [7, 11) is -3.22. The Balaban J connectivity index is 1.63. The van der Waals surface area contributed by atoms with Crippen LogP contribution in [0.3, 0.4) is 0 Å². The van der Waals surface area contributed by atoms with Crippen LogP contribution in [0.5, 0.6) is 0 Å². The van der Waals surface area contributed by atoms with E-state index in [0.717, 1.165) is 25.7 Å². The number of ether oxygens (including phenoxy) is 1. The zero-order chi connectivity index (χ0) is 15.4. The Kier molecular flexibility index (Phi) is 5.16. The van der Waals surface area contributed by atoms with Crippen LogP contribution >= 0.6 is 0 Å². The van der Waals surface area contributed by atoms with E-state index in [-0.39, 0.29) is 11.3 Å². The quantitative estimate of drug-likeness (QED) is 0.906. The Morgan fingerprint density at radius 3 is 2.50 bits per heavy atom. The molecular formula is C17H25NO3S. The van der Waals surface area contributed by atoms with Gasteiger partial charge < -0.3 is 4.74 Å². The van der Waals surface area contributed by atoms with Gasteiger partial charge in [-0.05, 0) is 43.6 Å². The molecule has 1 heterocycles. The highest BCUT2D eigenvalue weighted by molar-refractivity contribution is 7.90. The summed E-state index contributed by atoms with van der Waals surface area (Å²) in [6, 6.07) is 10.5. The van der Waals surface area contributed by atoms with E-state index < -0.39 is 10.0 Å². The van der Waals surface area contributed by atoms with Gasteiger partial charge in [0.05, 0.1) is 5.25 Å². The minimum Gasteiger partial charge on any atom is -0.381 e. The van der Waals surface area contributed by atoms with Gasteiger partial charge in [-0.15, -0.1) is 0 Å². The fourth-order valence-corrected chi connectivity index (χ4v) is 5.38. The van der Waals surface area contributed by atoms with Crippen LogP contribution < -0.4 is 4.72 Å². The standard InChI is InChI=1S/C17H25NO3S/c19-22(20,16-9-11-21-12-10-16)18-17-8-4-7-15(17)13-14-5-2-1-3-6-14/h1-3,5-6,15-18H,4,7-13H2. The molecule has 2 atom stereocenters. The van der Waals surface area contributed by atoms with E-state index in [1.807, 2.05) is 18.2 Å². The second-order valence-corrected chi connectivity index (χ2v) is 8.45. The highest BCUT2D eigenvalue weighted by atomic mass is 32.2. The summed E-state index contributed by atoms with van der Waals surface area (Å²) in [4.78, 5) is 0. The van der Waals surface area contributed by atoms with Crippen molar-refractivity contribution in [3.63, 3.8) is 0 Å². The van der Waals surface area contributed by atoms with Crippen molar-refractivity contribution in [3.05, 3.63) is 35.9 Å². The zero-order valence-corrected chi connectivity index (χ0v) is 13.7. The van der Waals surface area contributed by atoms with E-state index in [0.29, 0.717) is 32.0 Å². The van der Waals surface area contributed by atoms with Gasteiger partial charge in [0.15, 0.2) is 0 Å². The molecule has 1 aromatic rings. The molecule has 2 fully saturated rings. The smallest absolute Gasteiger partial charge is 0.214 e. The van der Waals surface area contributed by atoms with E-state index in [1.54, 1.807) is 0 Å². The summed E-state index contributed by atoms with van der Waals surface area (Å²) in [6.07, 6.45) is 5.37. The summed E-state index contributed by atoms with van der Waals surface area (Å²) in [5.41, 5.74) is 1.30. The maximum atomic E-state index is 12.6.